The number of rotatable bonds is 12. The molecule has 0 bridgehead atoms. The van der Waals surface area contributed by atoms with E-state index in [9.17, 15) is 19.8 Å². The van der Waals surface area contributed by atoms with E-state index in [-0.39, 0.29) is 6.54 Å². The number of nitrogens with zero attached hydrogens (tertiary/aromatic N) is 1. The molecule has 134 valence electrons. The molecule has 1 atom stereocenters. The Morgan fingerprint density at radius 2 is 1.79 bits per heavy atom. The van der Waals surface area contributed by atoms with E-state index in [2.05, 4.69) is 0 Å². The van der Waals surface area contributed by atoms with Crippen LogP contribution in [0.25, 0.3) is 0 Å². The van der Waals surface area contributed by atoms with Crippen molar-refractivity contribution in [1.82, 2.24) is 4.90 Å². The molecule has 24 heavy (non-hydrogen) atoms. The van der Waals surface area contributed by atoms with Crippen molar-refractivity contribution < 1.29 is 24.5 Å². The predicted octanol–water partition coefficient (Wildman–Crippen LogP) is 3.86. The van der Waals surface area contributed by atoms with Crippen LogP contribution in [0.1, 0.15) is 45.4 Å². The quantitative estimate of drug-likeness (QED) is 0.566. The van der Waals surface area contributed by atoms with Gasteiger partial charge in [0.15, 0.2) is 0 Å². The Morgan fingerprint density at radius 1 is 1.08 bits per heavy atom. The number of hydrogen-bond donors (Lipinski definition) is 2. The molecule has 0 spiro atoms. The standard InChI is InChI=1S/C18H27NO5/c1-2-3-8-13-19(18(22)23)16(17(20)21)12-7-9-14-24-15-10-5-4-6-11-15/h4-6,10-11,16H,2-3,7-9,12-14H2,1H3,(H,20,21)(H,22,23). The van der Waals surface area contributed by atoms with Crippen molar-refractivity contribution in [3.63, 3.8) is 0 Å². The Kier molecular flexibility index (Phi) is 9.34. The summed E-state index contributed by atoms with van der Waals surface area (Å²) in [5.74, 6) is -0.308. The fraction of sp³-hybridized carbons (Fsp3) is 0.556. The zero-order chi connectivity index (χ0) is 17.8. The third kappa shape index (κ3) is 7.35. The molecule has 2 N–H and O–H groups in total. The first-order valence-corrected chi connectivity index (χ1v) is 8.46. The molecule has 1 amide bonds. The second kappa shape index (κ2) is 11.3. The van der Waals surface area contributed by atoms with Gasteiger partial charge in [-0.1, -0.05) is 38.0 Å². The highest BCUT2D eigenvalue weighted by molar-refractivity contribution is 5.79. The Labute approximate surface area is 143 Å². The van der Waals surface area contributed by atoms with Gasteiger partial charge in [-0.05, 0) is 37.8 Å². The molecule has 0 saturated heterocycles. The number of amides is 1. The summed E-state index contributed by atoms with van der Waals surface area (Å²) >= 11 is 0. The van der Waals surface area contributed by atoms with Crippen LogP contribution in [-0.4, -0.2) is 46.4 Å². The van der Waals surface area contributed by atoms with Crippen molar-refractivity contribution >= 4 is 12.1 Å². The minimum Gasteiger partial charge on any atom is -0.494 e. The van der Waals surface area contributed by atoms with Crippen LogP contribution < -0.4 is 4.74 Å². The largest absolute Gasteiger partial charge is 0.494 e. The Hall–Kier alpha value is -2.24. The van der Waals surface area contributed by atoms with Gasteiger partial charge in [0.1, 0.15) is 11.8 Å². The summed E-state index contributed by atoms with van der Waals surface area (Å²) in [5.41, 5.74) is 0. The van der Waals surface area contributed by atoms with Crippen molar-refractivity contribution in [2.24, 2.45) is 0 Å². The maximum atomic E-state index is 11.4. The maximum Gasteiger partial charge on any atom is 0.408 e. The summed E-state index contributed by atoms with van der Waals surface area (Å²) in [7, 11) is 0. The summed E-state index contributed by atoms with van der Waals surface area (Å²) in [6.07, 6.45) is 2.94. The molecule has 0 heterocycles. The predicted molar refractivity (Wildman–Crippen MR) is 91.5 cm³/mol. The van der Waals surface area contributed by atoms with E-state index in [4.69, 9.17) is 4.74 Å². The normalized spacial score (nSPS) is 11.7. The highest BCUT2D eigenvalue weighted by Crippen LogP contribution is 2.13. The van der Waals surface area contributed by atoms with Crippen LogP contribution in [0, 0.1) is 0 Å². The summed E-state index contributed by atoms with van der Waals surface area (Å²) in [6, 6.07) is 8.41. The number of ether oxygens (including phenoxy) is 1. The van der Waals surface area contributed by atoms with E-state index in [0.717, 1.165) is 23.5 Å². The molecular weight excluding hydrogens is 310 g/mol. The van der Waals surface area contributed by atoms with Gasteiger partial charge in [-0.2, -0.15) is 0 Å². The zero-order valence-corrected chi connectivity index (χ0v) is 14.2. The number of para-hydroxylation sites is 1. The number of hydrogen-bond acceptors (Lipinski definition) is 3. The minimum absolute atomic E-state index is 0.265. The molecule has 0 aliphatic carbocycles. The number of carboxylic acids is 1. The molecule has 6 heteroatoms. The van der Waals surface area contributed by atoms with Crippen molar-refractivity contribution in [2.45, 2.75) is 51.5 Å². The third-order valence-corrected chi connectivity index (χ3v) is 3.79. The van der Waals surface area contributed by atoms with Crippen molar-refractivity contribution in [1.29, 1.82) is 0 Å². The fourth-order valence-corrected chi connectivity index (χ4v) is 2.48. The molecule has 1 aromatic carbocycles. The van der Waals surface area contributed by atoms with E-state index < -0.39 is 18.1 Å². The summed E-state index contributed by atoms with van der Waals surface area (Å²) < 4.78 is 5.56. The lowest BCUT2D eigenvalue weighted by molar-refractivity contribution is -0.143. The lowest BCUT2D eigenvalue weighted by Crippen LogP contribution is -2.45. The van der Waals surface area contributed by atoms with Crippen molar-refractivity contribution in [3.05, 3.63) is 30.3 Å². The molecule has 0 saturated carbocycles. The molecule has 0 aromatic heterocycles. The average molecular weight is 337 g/mol. The van der Waals surface area contributed by atoms with Gasteiger partial charge in [0, 0.05) is 6.54 Å². The number of unbranched alkanes of at least 4 members (excludes halogenated alkanes) is 3. The molecule has 0 aliphatic heterocycles. The van der Waals surface area contributed by atoms with Crippen LogP contribution in [0.5, 0.6) is 5.75 Å². The second-order valence-electron chi connectivity index (χ2n) is 5.69. The molecule has 0 fully saturated rings. The van der Waals surface area contributed by atoms with Crippen molar-refractivity contribution in [3.8, 4) is 5.75 Å². The first-order valence-electron chi connectivity index (χ1n) is 8.46. The number of carbonyl (C=O) groups is 2. The lowest BCUT2D eigenvalue weighted by atomic mass is 10.1. The number of aliphatic carboxylic acids is 1. The summed E-state index contributed by atoms with van der Waals surface area (Å²) in [4.78, 5) is 23.8. The first kappa shape index (κ1) is 19.8. The molecule has 0 radical (unpaired) electrons. The number of carboxylic acid groups (broad SMARTS) is 2. The smallest absolute Gasteiger partial charge is 0.408 e. The molecule has 1 rings (SSSR count). The van der Waals surface area contributed by atoms with Gasteiger partial charge in [0.05, 0.1) is 6.61 Å². The van der Waals surface area contributed by atoms with E-state index >= 15 is 0 Å². The van der Waals surface area contributed by atoms with E-state index in [1.54, 1.807) is 0 Å². The maximum absolute atomic E-state index is 11.4. The lowest BCUT2D eigenvalue weighted by Gasteiger charge is -2.26. The van der Waals surface area contributed by atoms with E-state index in [0.29, 0.717) is 32.3 Å². The van der Waals surface area contributed by atoms with Crippen molar-refractivity contribution in [2.75, 3.05) is 13.2 Å². The molecule has 1 aromatic rings. The van der Waals surface area contributed by atoms with Gasteiger partial charge >= 0.3 is 12.1 Å². The first-order chi connectivity index (χ1) is 11.6. The van der Waals surface area contributed by atoms with Crippen LogP contribution in [0.2, 0.25) is 0 Å². The Bertz CT molecular complexity index is 491. The van der Waals surface area contributed by atoms with Gasteiger partial charge in [-0.3, -0.25) is 4.90 Å². The topological polar surface area (TPSA) is 87.1 Å². The molecular formula is C18H27NO5. The average Bonchev–Trinajstić information content (AvgIpc) is 2.56. The van der Waals surface area contributed by atoms with Crippen LogP contribution in [0.3, 0.4) is 0 Å². The van der Waals surface area contributed by atoms with Crippen LogP contribution in [-0.2, 0) is 4.79 Å². The van der Waals surface area contributed by atoms with E-state index in [1.165, 1.54) is 0 Å². The third-order valence-electron chi connectivity index (χ3n) is 3.79. The van der Waals surface area contributed by atoms with Gasteiger partial charge < -0.3 is 14.9 Å². The Morgan fingerprint density at radius 3 is 2.38 bits per heavy atom. The summed E-state index contributed by atoms with van der Waals surface area (Å²) in [5, 5.41) is 18.6. The number of benzene rings is 1. The minimum atomic E-state index is -1.17. The molecule has 6 nitrogen and oxygen atoms in total. The highest BCUT2D eigenvalue weighted by Gasteiger charge is 2.28. The Balaban J connectivity index is 2.40. The zero-order valence-electron chi connectivity index (χ0n) is 14.2. The SMILES string of the molecule is CCCCCN(C(=O)O)C(CCCCOc1ccccc1)C(=O)O. The van der Waals surface area contributed by atoms with Gasteiger partial charge in [0.25, 0.3) is 0 Å². The van der Waals surface area contributed by atoms with Gasteiger partial charge in [-0.15, -0.1) is 0 Å². The second-order valence-corrected chi connectivity index (χ2v) is 5.69. The molecule has 1 unspecified atom stereocenters. The van der Waals surface area contributed by atoms with Crippen LogP contribution >= 0.6 is 0 Å². The van der Waals surface area contributed by atoms with E-state index in [1.807, 2.05) is 37.3 Å². The van der Waals surface area contributed by atoms with Crippen LogP contribution in [0.4, 0.5) is 4.79 Å². The fourth-order valence-electron chi connectivity index (χ4n) is 2.48. The van der Waals surface area contributed by atoms with Crippen LogP contribution in [0.15, 0.2) is 30.3 Å². The monoisotopic (exact) mass is 337 g/mol. The van der Waals surface area contributed by atoms with Gasteiger partial charge in [-0.25, -0.2) is 9.59 Å². The summed E-state index contributed by atoms with van der Waals surface area (Å²) in [6.45, 7) is 2.77. The molecule has 0 aliphatic rings. The van der Waals surface area contributed by atoms with Gasteiger partial charge in [0.2, 0.25) is 0 Å². The highest BCUT2D eigenvalue weighted by atomic mass is 16.5.